The van der Waals surface area contributed by atoms with Crippen molar-refractivity contribution in [3.63, 3.8) is 0 Å². The molecule has 0 heterocycles. The third kappa shape index (κ3) is 3.25. The highest BCUT2D eigenvalue weighted by Gasteiger charge is 2.31. The number of hydrogen-bond donors (Lipinski definition) is 0. The van der Waals surface area contributed by atoms with Crippen LogP contribution in [0.1, 0.15) is 29.8 Å². The van der Waals surface area contributed by atoms with Crippen LogP contribution in [0.15, 0.2) is 18.2 Å². The number of carbonyl (C=O) groups excluding carboxylic acids is 1. The summed E-state index contributed by atoms with van der Waals surface area (Å²) in [5.74, 6) is -0.437. The summed E-state index contributed by atoms with van der Waals surface area (Å²) >= 11 is 0. The van der Waals surface area contributed by atoms with Crippen LogP contribution in [-0.4, -0.2) is 12.1 Å². The van der Waals surface area contributed by atoms with Crippen LogP contribution in [0, 0.1) is 0 Å². The minimum atomic E-state index is -4.71. The van der Waals surface area contributed by atoms with Gasteiger partial charge in [-0.1, -0.05) is 6.92 Å². The van der Waals surface area contributed by atoms with E-state index in [1.165, 1.54) is 25.1 Å². The smallest absolute Gasteiger partial charge is 0.406 e. The van der Waals surface area contributed by atoms with E-state index in [4.69, 9.17) is 0 Å². The van der Waals surface area contributed by atoms with Crippen LogP contribution in [0.5, 0.6) is 5.75 Å². The van der Waals surface area contributed by atoms with Gasteiger partial charge in [-0.05, 0) is 37.1 Å². The predicted octanol–water partition coefficient (Wildman–Crippen LogP) is 3.35. The van der Waals surface area contributed by atoms with Gasteiger partial charge < -0.3 is 4.74 Å². The maximum atomic E-state index is 12.0. The van der Waals surface area contributed by atoms with E-state index >= 15 is 0 Å². The Labute approximate surface area is 91.0 Å². The molecule has 16 heavy (non-hydrogen) atoms. The first kappa shape index (κ1) is 12.5. The fourth-order valence-corrected chi connectivity index (χ4v) is 1.30. The van der Waals surface area contributed by atoms with Gasteiger partial charge in [0.05, 0.1) is 0 Å². The Balaban J connectivity index is 3.07. The normalized spacial score (nSPS) is 11.3. The number of halogens is 3. The summed E-state index contributed by atoms with van der Waals surface area (Å²) in [5.41, 5.74) is 0.747. The zero-order chi connectivity index (χ0) is 12.3. The second-order valence-electron chi connectivity index (χ2n) is 3.28. The first-order valence-electron chi connectivity index (χ1n) is 4.73. The first-order chi connectivity index (χ1) is 7.33. The number of ketones is 1. The molecule has 0 spiro atoms. The molecule has 5 heteroatoms. The van der Waals surface area contributed by atoms with Crippen molar-refractivity contribution in [2.75, 3.05) is 0 Å². The lowest BCUT2D eigenvalue weighted by Gasteiger charge is -2.12. The number of alkyl halides is 3. The van der Waals surface area contributed by atoms with Crippen molar-refractivity contribution in [2.24, 2.45) is 0 Å². The molecule has 1 rings (SSSR count). The molecule has 0 aliphatic carbocycles. The van der Waals surface area contributed by atoms with E-state index in [2.05, 4.69) is 4.74 Å². The van der Waals surface area contributed by atoms with Crippen LogP contribution < -0.4 is 4.74 Å². The Morgan fingerprint density at radius 1 is 1.38 bits per heavy atom. The second-order valence-corrected chi connectivity index (χ2v) is 3.28. The van der Waals surface area contributed by atoms with Crippen LogP contribution >= 0.6 is 0 Å². The average molecular weight is 232 g/mol. The van der Waals surface area contributed by atoms with Crippen molar-refractivity contribution in [2.45, 2.75) is 26.6 Å². The number of ether oxygens (including phenoxy) is 1. The summed E-state index contributed by atoms with van der Waals surface area (Å²) in [7, 11) is 0. The molecule has 0 fully saturated rings. The lowest BCUT2D eigenvalue weighted by Crippen LogP contribution is -2.18. The minimum absolute atomic E-state index is 0.187. The molecule has 1 aromatic carbocycles. The molecule has 0 N–H and O–H groups in total. The van der Waals surface area contributed by atoms with E-state index in [0.29, 0.717) is 17.5 Å². The number of rotatable bonds is 3. The first-order valence-corrected chi connectivity index (χ1v) is 4.73. The van der Waals surface area contributed by atoms with E-state index in [1.807, 2.05) is 0 Å². The van der Waals surface area contributed by atoms with Crippen molar-refractivity contribution < 1.29 is 22.7 Å². The van der Waals surface area contributed by atoms with E-state index in [-0.39, 0.29) is 11.5 Å². The number of aryl methyl sites for hydroxylation is 1. The highest BCUT2D eigenvalue weighted by molar-refractivity contribution is 5.94. The SMILES string of the molecule is CCc1cc(C(C)=O)ccc1OC(F)(F)F. The fourth-order valence-electron chi connectivity index (χ4n) is 1.30. The lowest BCUT2D eigenvalue weighted by atomic mass is 10.1. The Hall–Kier alpha value is -1.52. The van der Waals surface area contributed by atoms with E-state index in [9.17, 15) is 18.0 Å². The molecule has 0 aromatic heterocycles. The molecule has 1 aromatic rings. The summed E-state index contributed by atoms with van der Waals surface area (Å²) in [6, 6.07) is 3.91. The summed E-state index contributed by atoms with van der Waals surface area (Å²) < 4.78 is 39.9. The third-order valence-corrected chi connectivity index (χ3v) is 2.07. The molecule has 88 valence electrons. The Bertz CT molecular complexity index is 397. The maximum absolute atomic E-state index is 12.0. The van der Waals surface area contributed by atoms with Gasteiger partial charge in [0.15, 0.2) is 5.78 Å². The molecule has 0 atom stereocenters. The number of Topliss-reactive ketones (excluding diaryl/α,β-unsaturated/α-hetero) is 1. The van der Waals surface area contributed by atoms with Crippen LogP contribution in [-0.2, 0) is 6.42 Å². The molecule has 0 amide bonds. The van der Waals surface area contributed by atoms with E-state index < -0.39 is 6.36 Å². The van der Waals surface area contributed by atoms with Crippen molar-refractivity contribution in [1.82, 2.24) is 0 Å². The summed E-state index contributed by atoms with van der Waals surface area (Å²) in [4.78, 5) is 11.0. The highest BCUT2D eigenvalue weighted by Crippen LogP contribution is 2.27. The molecule has 0 aliphatic heterocycles. The van der Waals surface area contributed by atoms with Gasteiger partial charge in [0.2, 0.25) is 0 Å². The van der Waals surface area contributed by atoms with Gasteiger partial charge in [0.25, 0.3) is 0 Å². The van der Waals surface area contributed by atoms with Crippen LogP contribution in [0.3, 0.4) is 0 Å². The Morgan fingerprint density at radius 3 is 2.44 bits per heavy atom. The van der Waals surface area contributed by atoms with Gasteiger partial charge in [-0.2, -0.15) is 0 Å². The summed E-state index contributed by atoms with van der Waals surface area (Å²) in [6.07, 6.45) is -4.34. The van der Waals surface area contributed by atoms with Gasteiger partial charge in [-0.3, -0.25) is 4.79 Å². The lowest BCUT2D eigenvalue weighted by molar-refractivity contribution is -0.274. The zero-order valence-corrected chi connectivity index (χ0v) is 8.89. The van der Waals surface area contributed by atoms with Gasteiger partial charge in [-0.25, -0.2) is 0 Å². The minimum Gasteiger partial charge on any atom is -0.406 e. The van der Waals surface area contributed by atoms with Crippen molar-refractivity contribution >= 4 is 5.78 Å². The fraction of sp³-hybridized carbons (Fsp3) is 0.364. The van der Waals surface area contributed by atoms with E-state index in [0.717, 1.165) is 0 Å². The van der Waals surface area contributed by atoms with Crippen molar-refractivity contribution in [3.8, 4) is 5.75 Å². The van der Waals surface area contributed by atoms with Crippen LogP contribution in [0.4, 0.5) is 13.2 Å². The average Bonchev–Trinajstić information content (AvgIpc) is 2.15. The molecular formula is C11H11F3O2. The molecule has 0 unspecified atom stereocenters. The maximum Gasteiger partial charge on any atom is 0.573 e. The monoisotopic (exact) mass is 232 g/mol. The molecule has 0 saturated carbocycles. The molecule has 0 bridgehead atoms. The third-order valence-electron chi connectivity index (χ3n) is 2.07. The predicted molar refractivity (Wildman–Crippen MR) is 52.5 cm³/mol. The standard InChI is InChI=1S/C11H11F3O2/c1-3-8-6-9(7(2)15)4-5-10(8)16-11(12,13)14/h4-6H,3H2,1-2H3. The number of carbonyl (C=O) groups is 1. The molecule has 0 saturated heterocycles. The van der Waals surface area contributed by atoms with Gasteiger partial charge in [0.1, 0.15) is 5.75 Å². The van der Waals surface area contributed by atoms with E-state index in [1.54, 1.807) is 6.92 Å². The van der Waals surface area contributed by atoms with Gasteiger partial charge >= 0.3 is 6.36 Å². The Morgan fingerprint density at radius 2 is 2.00 bits per heavy atom. The number of benzene rings is 1. The molecule has 0 aliphatic rings. The van der Waals surface area contributed by atoms with Crippen molar-refractivity contribution in [3.05, 3.63) is 29.3 Å². The van der Waals surface area contributed by atoms with Gasteiger partial charge in [0, 0.05) is 5.56 Å². The highest BCUT2D eigenvalue weighted by atomic mass is 19.4. The van der Waals surface area contributed by atoms with Crippen molar-refractivity contribution in [1.29, 1.82) is 0 Å². The number of hydrogen-bond acceptors (Lipinski definition) is 2. The summed E-state index contributed by atoms with van der Waals surface area (Å²) in [6.45, 7) is 3.06. The quantitative estimate of drug-likeness (QED) is 0.747. The molecule has 2 nitrogen and oxygen atoms in total. The zero-order valence-electron chi connectivity index (χ0n) is 8.89. The molecule has 0 radical (unpaired) electrons. The van der Waals surface area contributed by atoms with Crippen LogP contribution in [0.25, 0.3) is 0 Å². The topological polar surface area (TPSA) is 26.3 Å². The summed E-state index contributed by atoms with van der Waals surface area (Å²) in [5, 5.41) is 0. The van der Waals surface area contributed by atoms with Crippen LogP contribution in [0.2, 0.25) is 0 Å². The Kier molecular flexibility index (Phi) is 3.57. The van der Waals surface area contributed by atoms with Gasteiger partial charge in [-0.15, -0.1) is 13.2 Å². The largest absolute Gasteiger partial charge is 0.573 e. The molecular weight excluding hydrogens is 221 g/mol. The second kappa shape index (κ2) is 4.55.